The zero-order chi connectivity index (χ0) is 31.1. The van der Waals surface area contributed by atoms with Crippen molar-refractivity contribution >= 4 is 51.7 Å². The molecule has 12 heteroatoms. The third kappa shape index (κ3) is 10.1. The number of ether oxygens (including phenoxy) is 2. The number of β-lactam (4-membered cyclic amide) rings is 1. The standard InChI is InChI=1S/C31H48N2O7S3/c1-3-4-5-6-7-8-9-10-11-12-13-14-15-16-19-40-21-24-22-42-30-31(39-2,29(37)33(30)27(24)28(35)36)32-25(34)23-43(38)26-18-17-20-41-26/h17-18,20,30H,3-16,19,21-23H2,1-2H3,(H,32,34)(H,35,36)/t30-,31-,43?/m0/s1. The van der Waals surface area contributed by atoms with E-state index in [-0.39, 0.29) is 18.1 Å². The molecule has 0 spiro atoms. The molecule has 0 aromatic carbocycles. The van der Waals surface area contributed by atoms with Crippen LogP contribution in [0.1, 0.15) is 96.8 Å². The molecule has 2 aliphatic heterocycles. The fourth-order valence-electron chi connectivity index (χ4n) is 5.47. The Balaban J connectivity index is 1.35. The van der Waals surface area contributed by atoms with Crippen molar-refractivity contribution < 1.29 is 33.2 Å². The van der Waals surface area contributed by atoms with Crippen molar-refractivity contribution in [3.05, 3.63) is 28.8 Å². The number of hydrogen-bond donors (Lipinski definition) is 2. The van der Waals surface area contributed by atoms with Crippen LogP contribution in [0.2, 0.25) is 0 Å². The molecule has 3 rings (SSSR count). The molecule has 3 atom stereocenters. The molecule has 0 saturated carbocycles. The summed E-state index contributed by atoms with van der Waals surface area (Å²) in [7, 11) is -0.254. The van der Waals surface area contributed by atoms with Crippen molar-refractivity contribution in [1.29, 1.82) is 0 Å². The Kier molecular flexibility index (Phi) is 15.7. The largest absolute Gasteiger partial charge is 0.477 e. The minimum absolute atomic E-state index is 0.112. The number of nitrogens with one attached hydrogen (secondary N) is 1. The Morgan fingerprint density at radius 2 is 1.65 bits per heavy atom. The number of carboxylic acids is 1. The maximum atomic E-state index is 13.2. The summed E-state index contributed by atoms with van der Waals surface area (Å²) in [6.45, 7) is 2.93. The van der Waals surface area contributed by atoms with E-state index in [9.17, 15) is 23.7 Å². The Morgan fingerprint density at radius 1 is 1.05 bits per heavy atom. The fourth-order valence-corrected chi connectivity index (χ4v) is 8.80. The Hall–Kier alpha value is -1.73. The number of hydrogen-bond acceptors (Lipinski definition) is 8. The van der Waals surface area contributed by atoms with Crippen molar-refractivity contribution in [2.75, 3.05) is 31.8 Å². The maximum absolute atomic E-state index is 13.2. The molecule has 9 nitrogen and oxygen atoms in total. The number of thiophene rings is 1. The van der Waals surface area contributed by atoms with Crippen LogP contribution in [0, 0.1) is 0 Å². The molecule has 2 aliphatic rings. The van der Waals surface area contributed by atoms with Gasteiger partial charge in [-0.05, 0) is 23.4 Å². The molecule has 242 valence electrons. The Labute approximate surface area is 267 Å². The number of nitrogens with zero attached hydrogens (tertiary/aromatic N) is 1. The molecule has 1 aromatic heterocycles. The minimum atomic E-state index is -1.71. The number of thioether (sulfide) groups is 1. The summed E-state index contributed by atoms with van der Waals surface area (Å²) >= 11 is 2.60. The molecular formula is C31H48N2O7S3. The van der Waals surface area contributed by atoms with Crippen molar-refractivity contribution in [1.82, 2.24) is 10.2 Å². The smallest absolute Gasteiger partial charge is 0.352 e. The maximum Gasteiger partial charge on any atom is 0.352 e. The molecule has 2 N–H and O–H groups in total. The second kappa shape index (κ2) is 18.9. The summed E-state index contributed by atoms with van der Waals surface area (Å²) in [4.78, 5) is 39.3. The van der Waals surface area contributed by atoms with Crippen LogP contribution in [-0.2, 0) is 34.7 Å². The van der Waals surface area contributed by atoms with Crippen LogP contribution < -0.4 is 5.32 Å². The van der Waals surface area contributed by atoms with Gasteiger partial charge in [-0.2, -0.15) is 0 Å². The highest BCUT2D eigenvalue weighted by Gasteiger charge is 2.66. The fraction of sp³-hybridized carbons (Fsp3) is 0.710. The first-order valence-corrected chi connectivity index (χ1v) is 18.9. The van der Waals surface area contributed by atoms with Gasteiger partial charge in [0.2, 0.25) is 5.91 Å². The van der Waals surface area contributed by atoms with E-state index in [0.717, 1.165) is 12.8 Å². The third-order valence-corrected chi connectivity index (χ3v) is 11.9. The number of amides is 2. The summed E-state index contributed by atoms with van der Waals surface area (Å²) in [6, 6.07) is 3.43. The number of carboxylic acid groups (broad SMARTS) is 1. The topological polar surface area (TPSA) is 122 Å². The molecule has 1 fully saturated rings. The average molecular weight is 657 g/mol. The molecule has 0 bridgehead atoms. The van der Waals surface area contributed by atoms with Crippen LogP contribution in [0.3, 0.4) is 0 Å². The number of fused-ring (bicyclic) bond motifs is 1. The zero-order valence-electron chi connectivity index (χ0n) is 25.6. The number of carbonyl (C=O) groups excluding carboxylic acids is 2. The van der Waals surface area contributed by atoms with E-state index in [0.29, 0.717) is 22.1 Å². The lowest BCUT2D eigenvalue weighted by Crippen LogP contribution is -2.81. The second-order valence-corrected chi connectivity index (χ2v) is 14.8. The number of aliphatic carboxylic acids is 1. The molecule has 0 aliphatic carbocycles. The van der Waals surface area contributed by atoms with Gasteiger partial charge in [-0.3, -0.25) is 18.7 Å². The quantitative estimate of drug-likeness (QED) is 0.0828. The van der Waals surface area contributed by atoms with Gasteiger partial charge < -0.3 is 19.9 Å². The van der Waals surface area contributed by atoms with Crippen molar-refractivity contribution in [3.8, 4) is 0 Å². The van der Waals surface area contributed by atoms with Crippen LogP contribution in [0.5, 0.6) is 0 Å². The lowest BCUT2D eigenvalue weighted by atomic mass is 9.98. The summed E-state index contributed by atoms with van der Waals surface area (Å²) in [5, 5.41) is 13.6. The first kappa shape index (κ1) is 35.7. The van der Waals surface area contributed by atoms with Crippen molar-refractivity contribution in [3.63, 3.8) is 0 Å². The van der Waals surface area contributed by atoms with Crippen LogP contribution in [0.25, 0.3) is 0 Å². The molecule has 3 heterocycles. The molecule has 2 amide bonds. The highest BCUT2D eigenvalue weighted by atomic mass is 32.2. The van der Waals surface area contributed by atoms with Gasteiger partial charge in [0, 0.05) is 19.5 Å². The first-order valence-electron chi connectivity index (χ1n) is 15.6. The molecule has 1 unspecified atom stereocenters. The van der Waals surface area contributed by atoms with Crippen LogP contribution >= 0.6 is 23.1 Å². The summed E-state index contributed by atoms with van der Waals surface area (Å²) in [5.74, 6) is -2.48. The highest BCUT2D eigenvalue weighted by Crippen LogP contribution is 2.46. The van der Waals surface area contributed by atoms with Gasteiger partial charge in [0.15, 0.2) is 0 Å². The van der Waals surface area contributed by atoms with Gasteiger partial charge in [-0.1, -0.05) is 96.5 Å². The predicted octanol–water partition coefficient (Wildman–Crippen LogP) is 6.07. The highest BCUT2D eigenvalue weighted by molar-refractivity contribution is 8.00. The van der Waals surface area contributed by atoms with E-state index in [2.05, 4.69) is 12.2 Å². The van der Waals surface area contributed by atoms with E-state index in [1.54, 1.807) is 17.5 Å². The van der Waals surface area contributed by atoms with Gasteiger partial charge >= 0.3 is 5.97 Å². The van der Waals surface area contributed by atoms with E-state index < -0.39 is 39.7 Å². The lowest BCUT2D eigenvalue weighted by Gasteiger charge is -2.55. The summed E-state index contributed by atoms with van der Waals surface area (Å²) in [5.41, 5.74) is -1.29. The molecule has 1 aromatic rings. The van der Waals surface area contributed by atoms with Gasteiger partial charge in [0.25, 0.3) is 11.6 Å². The molecule has 1 saturated heterocycles. The average Bonchev–Trinajstić information content (AvgIpc) is 3.54. The Morgan fingerprint density at radius 3 is 2.19 bits per heavy atom. The van der Waals surface area contributed by atoms with Crippen molar-refractivity contribution in [2.45, 2.75) is 112 Å². The molecular weight excluding hydrogens is 609 g/mol. The SMILES string of the molecule is CCCCCCCCCCCCCCCCOCC1=C(C(=O)O)N2C(=O)[C@](NC(=O)CS(=O)c3cccs3)(OC)[C@@H]2SC1. The minimum Gasteiger partial charge on any atom is -0.477 e. The lowest BCUT2D eigenvalue weighted by molar-refractivity contribution is -0.192. The molecule has 0 radical (unpaired) electrons. The monoisotopic (exact) mass is 656 g/mol. The number of methoxy groups -OCH3 is 1. The molecule has 43 heavy (non-hydrogen) atoms. The van der Waals surface area contributed by atoms with Gasteiger partial charge in [0.1, 0.15) is 16.8 Å². The number of carbonyl (C=O) groups is 3. The van der Waals surface area contributed by atoms with Crippen molar-refractivity contribution in [2.24, 2.45) is 0 Å². The van der Waals surface area contributed by atoms with Gasteiger partial charge in [0.05, 0.1) is 21.6 Å². The van der Waals surface area contributed by atoms with Gasteiger partial charge in [-0.25, -0.2) is 4.79 Å². The van der Waals surface area contributed by atoms with Crippen LogP contribution in [0.15, 0.2) is 33.0 Å². The van der Waals surface area contributed by atoms with Gasteiger partial charge in [-0.15, -0.1) is 23.1 Å². The first-order chi connectivity index (χ1) is 20.9. The number of rotatable bonds is 23. The van der Waals surface area contributed by atoms with E-state index in [1.807, 2.05) is 0 Å². The van der Waals surface area contributed by atoms with E-state index >= 15 is 0 Å². The predicted molar refractivity (Wildman–Crippen MR) is 172 cm³/mol. The summed E-state index contributed by atoms with van der Waals surface area (Å²) < 4.78 is 24.3. The second-order valence-electron chi connectivity index (χ2n) is 11.2. The van der Waals surface area contributed by atoms with Crippen LogP contribution in [-0.4, -0.2) is 74.9 Å². The normalized spacial score (nSPS) is 20.6. The third-order valence-electron chi connectivity index (χ3n) is 7.86. The zero-order valence-corrected chi connectivity index (χ0v) is 28.1. The Bertz CT molecular complexity index is 1100. The van der Waals surface area contributed by atoms with Crippen LogP contribution in [0.4, 0.5) is 0 Å². The number of unbranched alkanes of at least 4 members (excludes halogenated alkanes) is 13. The van der Waals surface area contributed by atoms with E-state index in [4.69, 9.17) is 9.47 Å². The van der Waals surface area contributed by atoms with E-state index in [1.165, 1.54) is 112 Å². The summed E-state index contributed by atoms with van der Waals surface area (Å²) in [6.07, 6.45) is 17.9.